The molecule has 0 saturated heterocycles. The van der Waals surface area contributed by atoms with Gasteiger partial charge in [-0.3, -0.25) is 0 Å². The Morgan fingerprint density at radius 1 is 1.20 bits per heavy atom. The van der Waals surface area contributed by atoms with Crippen LogP contribution in [0.5, 0.6) is 0 Å². The van der Waals surface area contributed by atoms with Gasteiger partial charge in [0.25, 0.3) is 0 Å². The summed E-state index contributed by atoms with van der Waals surface area (Å²) in [5.41, 5.74) is 1.37. The van der Waals surface area contributed by atoms with Gasteiger partial charge in [0.15, 0.2) is 0 Å². The van der Waals surface area contributed by atoms with Gasteiger partial charge in [0.1, 0.15) is 0 Å². The molecular formula is C19H27N. The zero-order valence-electron chi connectivity index (χ0n) is 12.9. The lowest BCUT2D eigenvalue weighted by molar-refractivity contribution is 0.164. The van der Waals surface area contributed by atoms with Crippen molar-refractivity contribution in [2.45, 2.75) is 58.8 Å². The smallest absolute Gasteiger partial charge is 0.0689 e. The zero-order chi connectivity index (χ0) is 14.4. The summed E-state index contributed by atoms with van der Waals surface area (Å²) in [7, 11) is 0. The Kier molecular flexibility index (Phi) is 5.24. The highest BCUT2D eigenvalue weighted by Crippen LogP contribution is 2.44. The minimum Gasteiger partial charge on any atom is -0.198 e. The predicted octanol–water partition coefficient (Wildman–Crippen LogP) is 5.37. The SMILES string of the molecule is CC(C)C1CCC(C#N)(CCCc2ccccc2)CC1. The van der Waals surface area contributed by atoms with Gasteiger partial charge in [-0.2, -0.15) is 5.26 Å². The van der Waals surface area contributed by atoms with E-state index in [1.807, 2.05) is 0 Å². The van der Waals surface area contributed by atoms with Crippen LogP contribution in [0.1, 0.15) is 57.9 Å². The number of aryl methyl sites for hydroxylation is 1. The van der Waals surface area contributed by atoms with Gasteiger partial charge in [0, 0.05) is 0 Å². The van der Waals surface area contributed by atoms with Gasteiger partial charge < -0.3 is 0 Å². The highest BCUT2D eigenvalue weighted by Gasteiger charge is 2.35. The fourth-order valence-corrected chi connectivity index (χ4v) is 3.55. The average molecular weight is 269 g/mol. The number of hydrogen-bond acceptors (Lipinski definition) is 1. The van der Waals surface area contributed by atoms with Gasteiger partial charge in [0.05, 0.1) is 11.5 Å². The molecule has 1 fully saturated rings. The van der Waals surface area contributed by atoms with E-state index in [1.54, 1.807) is 0 Å². The number of nitriles is 1. The molecule has 20 heavy (non-hydrogen) atoms. The third kappa shape index (κ3) is 3.85. The zero-order valence-corrected chi connectivity index (χ0v) is 12.9. The normalized spacial score (nSPS) is 26.4. The largest absolute Gasteiger partial charge is 0.198 e. The quantitative estimate of drug-likeness (QED) is 0.705. The van der Waals surface area contributed by atoms with Gasteiger partial charge in [-0.15, -0.1) is 0 Å². The molecule has 2 rings (SSSR count). The highest BCUT2D eigenvalue weighted by atomic mass is 14.4. The summed E-state index contributed by atoms with van der Waals surface area (Å²) in [6.07, 6.45) is 8.04. The van der Waals surface area contributed by atoms with E-state index in [0.29, 0.717) is 0 Å². The molecule has 0 aromatic heterocycles. The third-order valence-electron chi connectivity index (χ3n) is 5.13. The van der Waals surface area contributed by atoms with Crippen LogP contribution in [0, 0.1) is 28.6 Å². The summed E-state index contributed by atoms with van der Waals surface area (Å²) in [4.78, 5) is 0. The summed E-state index contributed by atoms with van der Waals surface area (Å²) in [5, 5.41) is 9.61. The van der Waals surface area contributed by atoms with Crippen LogP contribution in [0.3, 0.4) is 0 Å². The van der Waals surface area contributed by atoms with E-state index in [9.17, 15) is 5.26 Å². The van der Waals surface area contributed by atoms with Gasteiger partial charge in [-0.25, -0.2) is 0 Å². The van der Waals surface area contributed by atoms with Gasteiger partial charge in [-0.1, -0.05) is 44.2 Å². The van der Waals surface area contributed by atoms with Crippen LogP contribution in [0.4, 0.5) is 0 Å². The van der Waals surface area contributed by atoms with E-state index in [0.717, 1.165) is 43.9 Å². The first-order chi connectivity index (χ1) is 9.65. The first-order valence-electron chi connectivity index (χ1n) is 8.10. The Morgan fingerprint density at radius 2 is 1.85 bits per heavy atom. The van der Waals surface area contributed by atoms with Crippen molar-refractivity contribution < 1.29 is 0 Å². The molecule has 0 N–H and O–H groups in total. The summed E-state index contributed by atoms with van der Waals surface area (Å²) in [5.74, 6) is 1.61. The molecule has 1 saturated carbocycles. The van der Waals surface area contributed by atoms with Crippen LogP contribution in [0.2, 0.25) is 0 Å². The minimum atomic E-state index is -0.0276. The Bertz CT molecular complexity index is 433. The maximum atomic E-state index is 9.61. The minimum absolute atomic E-state index is 0.0276. The van der Waals surface area contributed by atoms with Crippen LogP contribution in [0.25, 0.3) is 0 Å². The number of hydrogen-bond donors (Lipinski definition) is 0. The van der Waals surface area contributed by atoms with Gasteiger partial charge >= 0.3 is 0 Å². The van der Waals surface area contributed by atoms with Gasteiger partial charge in [0.2, 0.25) is 0 Å². The summed E-state index contributed by atoms with van der Waals surface area (Å²) in [6.45, 7) is 4.64. The average Bonchev–Trinajstić information content (AvgIpc) is 2.49. The highest BCUT2D eigenvalue weighted by molar-refractivity contribution is 5.14. The Morgan fingerprint density at radius 3 is 2.40 bits per heavy atom. The molecule has 1 nitrogen and oxygen atoms in total. The summed E-state index contributed by atoms with van der Waals surface area (Å²) in [6, 6.07) is 13.3. The molecule has 0 aliphatic heterocycles. The molecule has 1 aromatic carbocycles. The molecule has 1 aliphatic carbocycles. The molecule has 108 valence electrons. The second-order valence-electron chi connectivity index (χ2n) is 6.81. The molecule has 1 aliphatic rings. The van der Waals surface area contributed by atoms with E-state index in [1.165, 1.54) is 18.4 Å². The molecule has 0 atom stereocenters. The molecule has 0 unspecified atom stereocenters. The van der Waals surface area contributed by atoms with E-state index < -0.39 is 0 Å². The molecule has 0 amide bonds. The molecule has 0 bridgehead atoms. The van der Waals surface area contributed by atoms with Crippen molar-refractivity contribution in [2.24, 2.45) is 17.3 Å². The molecule has 1 heteroatoms. The van der Waals surface area contributed by atoms with Crippen molar-refractivity contribution in [3.05, 3.63) is 35.9 Å². The number of rotatable bonds is 5. The lowest BCUT2D eigenvalue weighted by Gasteiger charge is -2.36. The third-order valence-corrected chi connectivity index (χ3v) is 5.13. The topological polar surface area (TPSA) is 23.8 Å². The number of nitrogens with zero attached hydrogens (tertiary/aromatic N) is 1. The predicted molar refractivity (Wildman–Crippen MR) is 84.2 cm³/mol. The van der Waals surface area contributed by atoms with Crippen molar-refractivity contribution in [1.29, 1.82) is 5.26 Å². The molecule has 0 spiro atoms. The maximum Gasteiger partial charge on any atom is 0.0689 e. The lowest BCUT2D eigenvalue weighted by Crippen LogP contribution is -2.28. The molecule has 1 aromatic rings. The van der Waals surface area contributed by atoms with Crippen molar-refractivity contribution in [3.8, 4) is 6.07 Å². The first-order valence-corrected chi connectivity index (χ1v) is 8.10. The molecular weight excluding hydrogens is 242 g/mol. The fraction of sp³-hybridized carbons (Fsp3) is 0.632. The van der Waals surface area contributed by atoms with Crippen LogP contribution in [-0.2, 0) is 6.42 Å². The summed E-state index contributed by atoms with van der Waals surface area (Å²) < 4.78 is 0. The standard InChI is InChI=1S/C19H27N/c1-16(2)18-10-13-19(15-20,14-11-18)12-6-9-17-7-4-3-5-8-17/h3-5,7-8,16,18H,6,9-14H2,1-2H3. The Labute approximate surface area is 124 Å². The molecule has 0 heterocycles. The van der Waals surface area contributed by atoms with Gasteiger partial charge in [-0.05, 0) is 62.3 Å². The molecule has 0 radical (unpaired) electrons. The number of benzene rings is 1. The first kappa shape index (κ1) is 15.1. The van der Waals surface area contributed by atoms with Crippen molar-refractivity contribution in [2.75, 3.05) is 0 Å². The Balaban J connectivity index is 1.83. The maximum absolute atomic E-state index is 9.61. The van der Waals surface area contributed by atoms with Crippen LogP contribution < -0.4 is 0 Å². The second-order valence-corrected chi connectivity index (χ2v) is 6.81. The van der Waals surface area contributed by atoms with E-state index in [-0.39, 0.29) is 5.41 Å². The lowest BCUT2D eigenvalue weighted by atomic mass is 9.66. The van der Waals surface area contributed by atoms with Crippen molar-refractivity contribution >= 4 is 0 Å². The van der Waals surface area contributed by atoms with Crippen molar-refractivity contribution in [1.82, 2.24) is 0 Å². The monoisotopic (exact) mass is 269 g/mol. The van der Waals surface area contributed by atoms with Crippen LogP contribution >= 0.6 is 0 Å². The van der Waals surface area contributed by atoms with E-state index in [4.69, 9.17) is 0 Å². The van der Waals surface area contributed by atoms with Crippen LogP contribution in [0.15, 0.2) is 30.3 Å². The van der Waals surface area contributed by atoms with Crippen LogP contribution in [-0.4, -0.2) is 0 Å². The van der Waals surface area contributed by atoms with Crippen molar-refractivity contribution in [3.63, 3.8) is 0 Å². The summed E-state index contributed by atoms with van der Waals surface area (Å²) >= 11 is 0. The second kappa shape index (κ2) is 6.93. The fourth-order valence-electron chi connectivity index (χ4n) is 3.55. The van der Waals surface area contributed by atoms with E-state index >= 15 is 0 Å². The van der Waals surface area contributed by atoms with E-state index in [2.05, 4.69) is 50.2 Å². The Hall–Kier alpha value is -1.29.